The van der Waals surface area contributed by atoms with Gasteiger partial charge in [-0.2, -0.15) is 0 Å². The number of carbonyl (C=O) groups is 1. The summed E-state index contributed by atoms with van der Waals surface area (Å²) in [7, 11) is 0. The van der Waals surface area contributed by atoms with Gasteiger partial charge >= 0.3 is 6.36 Å². The Balaban J connectivity index is 2.06. The number of ether oxygens (including phenoxy) is 1. The number of anilines is 1. The van der Waals surface area contributed by atoms with Crippen molar-refractivity contribution in [2.45, 2.75) is 32.3 Å². The molecule has 2 rings (SSSR count). The van der Waals surface area contributed by atoms with Crippen LogP contribution in [-0.4, -0.2) is 36.3 Å². The molecule has 2 aromatic rings. The van der Waals surface area contributed by atoms with Gasteiger partial charge in [-0.1, -0.05) is 25.2 Å². The summed E-state index contributed by atoms with van der Waals surface area (Å²) in [6.45, 7) is 4.19. The number of nitrogens with zero attached hydrogens (tertiary/aromatic N) is 1. The van der Waals surface area contributed by atoms with E-state index in [1.807, 2.05) is 13.8 Å². The van der Waals surface area contributed by atoms with Gasteiger partial charge in [0.1, 0.15) is 12.0 Å². The monoisotopic (exact) mass is 347 g/mol. The second-order valence-electron chi connectivity index (χ2n) is 5.14. The molecule has 0 fully saturated rings. The Morgan fingerprint density at radius 1 is 1.39 bits per heavy atom. The molecule has 23 heavy (non-hydrogen) atoms. The van der Waals surface area contributed by atoms with Crippen LogP contribution in [0.3, 0.4) is 0 Å². The topological polar surface area (TPSA) is 63.2 Å². The fourth-order valence-electron chi connectivity index (χ4n) is 1.95. The molecule has 1 heterocycles. The van der Waals surface area contributed by atoms with Crippen molar-refractivity contribution in [3.63, 3.8) is 0 Å². The van der Waals surface area contributed by atoms with E-state index in [0.29, 0.717) is 21.9 Å². The van der Waals surface area contributed by atoms with E-state index in [1.165, 1.54) is 29.5 Å². The summed E-state index contributed by atoms with van der Waals surface area (Å²) in [6.07, 6.45) is -3.92. The fraction of sp³-hybridized carbons (Fsp3) is 0.429. The Labute approximate surface area is 134 Å². The van der Waals surface area contributed by atoms with E-state index in [1.54, 1.807) is 0 Å². The molecule has 1 aromatic carbocycles. The van der Waals surface area contributed by atoms with Gasteiger partial charge in [-0.15, -0.1) is 13.2 Å². The average Bonchev–Trinajstić information content (AvgIpc) is 2.83. The zero-order chi connectivity index (χ0) is 17.0. The van der Waals surface area contributed by atoms with Crippen LogP contribution >= 0.6 is 11.3 Å². The molecule has 0 bridgehead atoms. The lowest BCUT2D eigenvalue weighted by Crippen LogP contribution is -2.40. The van der Waals surface area contributed by atoms with Gasteiger partial charge in [0.15, 0.2) is 5.13 Å². The maximum absolute atomic E-state index is 12.2. The molecule has 9 heteroatoms. The number of carbonyl (C=O) groups excluding carboxylic acids is 1. The van der Waals surface area contributed by atoms with Crippen molar-refractivity contribution in [3.05, 3.63) is 18.2 Å². The molecule has 0 saturated carbocycles. The van der Waals surface area contributed by atoms with Crippen LogP contribution in [0.4, 0.5) is 18.3 Å². The highest BCUT2D eigenvalue weighted by Gasteiger charge is 2.31. The van der Waals surface area contributed by atoms with Crippen molar-refractivity contribution in [2.24, 2.45) is 0 Å². The van der Waals surface area contributed by atoms with Gasteiger partial charge in [-0.3, -0.25) is 0 Å². The number of nitrogens with one attached hydrogen (secondary N) is 2. The third-order valence-corrected chi connectivity index (χ3v) is 3.75. The van der Waals surface area contributed by atoms with Gasteiger partial charge in [-0.25, -0.2) is 4.98 Å². The summed E-state index contributed by atoms with van der Waals surface area (Å²) in [4.78, 5) is 15.2. The minimum absolute atomic E-state index is 0.157. The molecule has 1 aromatic heterocycles. The van der Waals surface area contributed by atoms with E-state index in [0.717, 1.165) is 6.29 Å². The highest BCUT2D eigenvalue weighted by Crippen LogP contribution is 2.31. The van der Waals surface area contributed by atoms with Crippen LogP contribution in [0.1, 0.15) is 13.8 Å². The number of aldehydes is 1. The van der Waals surface area contributed by atoms with Crippen LogP contribution in [0.25, 0.3) is 10.2 Å². The normalized spacial score (nSPS) is 13.3. The zero-order valence-corrected chi connectivity index (χ0v) is 13.3. The largest absolute Gasteiger partial charge is 0.573 e. The maximum Gasteiger partial charge on any atom is 0.573 e. The molecule has 0 saturated heterocycles. The van der Waals surface area contributed by atoms with E-state index in [4.69, 9.17) is 0 Å². The third kappa shape index (κ3) is 5.36. The number of hydrogen-bond acceptors (Lipinski definition) is 6. The number of hydrogen-bond donors (Lipinski definition) is 2. The molecule has 0 amide bonds. The van der Waals surface area contributed by atoms with Crippen LogP contribution in [-0.2, 0) is 4.79 Å². The molecule has 0 aliphatic heterocycles. The average molecular weight is 347 g/mol. The molecule has 5 nitrogen and oxygen atoms in total. The van der Waals surface area contributed by atoms with Crippen LogP contribution < -0.4 is 15.4 Å². The van der Waals surface area contributed by atoms with Gasteiger partial charge in [0.25, 0.3) is 0 Å². The SMILES string of the molecule is CC(C)N[C@H](C=O)CNc1nc2ccc(OC(F)(F)F)cc2s1. The van der Waals surface area contributed by atoms with Gasteiger partial charge in [0.2, 0.25) is 0 Å². The Morgan fingerprint density at radius 3 is 2.74 bits per heavy atom. The number of benzene rings is 1. The molecule has 1 atom stereocenters. The van der Waals surface area contributed by atoms with Crippen molar-refractivity contribution >= 4 is 33.0 Å². The Kier molecular flexibility index (Phi) is 5.42. The first-order valence-electron chi connectivity index (χ1n) is 6.88. The van der Waals surface area contributed by atoms with Gasteiger partial charge in [-0.05, 0) is 12.1 Å². The molecule has 126 valence electrons. The van der Waals surface area contributed by atoms with Gasteiger partial charge in [0, 0.05) is 18.7 Å². The predicted molar refractivity (Wildman–Crippen MR) is 82.9 cm³/mol. The van der Waals surface area contributed by atoms with E-state index >= 15 is 0 Å². The number of fused-ring (bicyclic) bond motifs is 1. The third-order valence-electron chi connectivity index (χ3n) is 2.78. The van der Waals surface area contributed by atoms with E-state index in [2.05, 4.69) is 20.4 Å². The molecule has 2 N–H and O–H groups in total. The summed E-state index contributed by atoms with van der Waals surface area (Å²) in [5, 5.41) is 6.61. The van der Waals surface area contributed by atoms with E-state index in [-0.39, 0.29) is 17.8 Å². The molecule has 0 aliphatic rings. The molecule has 0 radical (unpaired) electrons. The standard InChI is InChI=1S/C14H16F3N3O2S/c1-8(2)19-9(7-21)6-18-13-20-11-4-3-10(5-12(11)23-13)22-14(15,16)17/h3-5,7-9,19H,6H2,1-2H3,(H,18,20)/t9-/m0/s1. The van der Waals surface area contributed by atoms with Crippen molar-refractivity contribution in [1.29, 1.82) is 0 Å². The van der Waals surface area contributed by atoms with Gasteiger partial charge < -0.3 is 20.2 Å². The lowest BCUT2D eigenvalue weighted by atomic mass is 10.3. The predicted octanol–water partition coefficient (Wildman–Crippen LogP) is 3.17. The van der Waals surface area contributed by atoms with Crippen molar-refractivity contribution in [3.8, 4) is 5.75 Å². The number of aromatic nitrogens is 1. The van der Waals surface area contributed by atoms with Crippen LogP contribution in [0.2, 0.25) is 0 Å². The second kappa shape index (κ2) is 7.14. The van der Waals surface area contributed by atoms with E-state index in [9.17, 15) is 18.0 Å². The number of thiazole rings is 1. The molecule has 0 aliphatic carbocycles. The van der Waals surface area contributed by atoms with Crippen LogP contribution in [0.5, 0.6) is 5.75 Å². The smallest absolute Gasteiger partial charge is 0.406 e. The highest BCUT2D eigenvalue weighted by molar-refractivity contribution is 7.22. The summed E-state index contributed by atoms with van der Waals surface area (Å²) in [5.41, 5.74) is 0.562. The van der Waals surface area contributed by atoms with Crippen molar-refractivity contribution in [1.82, 2.24) is 10.3 Å². The summed E-state index contributed by atoms with van der Waals surface area (Å²) in [5.74, 6) is -0.285. The molecule has 0 unspecified atom stereocenters. The van der Waals surface area contributed by atoms with Crippen molar-refractivity contribution < 1.29 is 22.7 Å². The quantitative estimate of drug-likeness (QED) is 0.753. The minimum atomic E-state index is -4.72. The van der Waals surface area contributed by atoms with Crippen LogP contribution in [0, 0.1) is 0 Å². The minimum Gasteiger partial charge on any atom is -0.406 e. The number of rotatable bonds is 7. The van der Waals surface area contributed by atoms with Crippen LogP contribution in [0.15, 0.2) is 18.2 Å². The zero-order valence-electron chi connectivity index (χ0n) is 12.5. The van der Waals surface area contributed by atoms with E-state index < -0.39 is 6.36 Å². The Bertz CT molecular complexity index is 673. The lowest BCUT2D eigenvalue weighted by Gasteiger charge is -2.15. The second-order valence-corrected chi connectivity index (χ2v) is 6.17. The maximum atomic E-state index is 12.2. The molecular weight excluding hydrogens is 331 g/mol. The lowest BCUT2D eigenvalue weighted by molar-refractivity contribution is -0.274. The highest BCUT2D eigenvalue weighted by atomic mass is 32.1. The first kappa shape index (κ1) is 17.5. The summed E-state index contributed by atoms with van der Waals surface area (Å²) < 4.78 is 41.1. The first-order chi connectivity index (χ1) is 10.8. The summed E-state index contributed by atoms with van der Waals surface area (Å²) in [6, 6.07) is 3.75. The first-order valence-corrected chi connectivity index (χ1v) is 7.70. The fourth-order valence-corrected chi connectivity index (χ4v) is 2.85. The summed E-state index contributed by atoms with van der Waals surface area (Å²) >= 11 is 1.20. The Hall–Kier alpha value is -1.87. The molecule has 0 spiro atoms. The van der Waals surface area contributed by atoms with Gasteiger partial charge in [0.05, 0.1) is 16.3 Å². The number of alkyl halides is 3. The number of halogens is 3. The molecular formula is C14H16F3N3O2S. The Morgan fingerprint density at radius 2 is 2.13 bits per heavy atom. The van der Waals surface area contributed by atoms with Crippen molar-refractivity contribution in [2.75, 3.05) is 11.9 Å².